The van der Waals surface area contributed by atoms with Crippen LogP contribution in [0.5, 0.6) is 0 Å². The number of nitrogens with one attached hydrogen (secondary N) is 1. The van der Waals surface area contributed by atoms with Crippen LogP contribution >= 0.6 is 0 Å². The number of amides is 1. The number of piperidine rings is 1. The number of carbonyl (C=O) groups excluding carboxylic acids is 1. The molecule has 4 heterocycles. The number of aliphatic carboxylic acids is 1. The molecular weight excluding hydrogens is 525 g/mol. The van der Waals surface area contributed by atoms with Crippen molar-refractivity contribution in [1.29, 1.82) is 0 Å². The average Bonchev–Trinajstić information content (AvgIpc) is 3.23. The normalized spacial score (nSPS) is 16.0. The van der Waals surface area contributed by atoms with Gasteiger partial charge in [-0.25, -0.2) is 9.67 Å². The van der Waals surface area contributed by atoms with Gasteiger partial charge in [-0.15, -0.1) is 0 Å². The Kier molecular flexibility index (Phi) is 7.50. The third-order valence-electron chi connectivity index (χ3n) is 6.73. The van der Waals surface area contributed by atoms with Gasteiger partial charge in [-0.1, -0.05) is 18.2 Å². The first-order valence-corrected chi connectivity index (χ1v) is 12.6. The molecule has 2 aliphatic heterocycles. The maximum absolute atomic E-state index is 13.8. The molecule has 1 aromatic carbocycles. The molecule has 0 radical (unpaired) electrons. The smallest absolute Gasteiger partial charge is 0.433 e. The van der Waals surface area contributed by atoms with Crippen molar-refractivity contribution in [2.45, 2.75) is 25.4 Å². The number of aromatic nitrogens is 3. The molecule has 0 spiro atoms. The summed E-state index contributed by atoms with van der Waals surface area (Å²) in [6, 6.07) is 10.7. The lowest BCUT2D eigenvalue weighted by atomic mass is 9.96. The van der Waals surface area contributed by atoms with Gasteiger partial charge < -0.3 is 15.3 Å². The summed E-state index contributed by atoms with van der Waals surface area (Å²) in [6.07, 6.45) is 4.67. The van der Waals surface area contributed by atoms with Gasteiger partial charge in [0.05, 0.1) is 23.5 Å². The van der Waals surface area contributed by atoms with Crippen molar-refractivity contribution < 1.29 is 27.9 Å². The number of anilines is 2. The second kappa shape index (κ2) is 11.2. The molecule has 0 aliphatic carbocycles. The number of nitrogens with zero attached hydrogens (tertiary/aromatic N) is 5. The standard InChI is InChI=1S/C28H25F3N6O3/c29-28(30,31)24-15-23(20-4-1-2-11-32-16-20)35-37(24)22-7-8-25(33-17-22)34-26(38)19-5-3-6-21(14-19)36-12-9-18(10-13-36)27(39)40/h2-8,11,14-18H,1,9-10,12-13H2,(H,39,40)(H,33,34,38). The van der Waals surface area contributed by atoms with Gasteiger partial charge in [0, 0.05) is 42.3 Å². The predicted molar refractivity (Wildman–Crippen MR) is 144 cm³/mol. The molecule has 0 saturated carbocycles. The largest absolute Gasteiger partial charge is 0.481 e. The average molecular weight is 551 g/mol. The Morgan fingerprint density at radius 1 is 1.05 bits per heavy atom. The van der Waals surface area contributed by atoms with E-state index < -0.39 is 23.7 Å². The van der Waals surface area contributed by atoms with E-state index >= 15 is 0 Å². The Balaban J connectivity index is 1.31. The molecule has 2 aliphatic rings. The third kappa shape index (κ3) is 5.95. The van der Waals surface area contributed by atoms with Crippen molar-refractivity contribution in [3.05, 3.63) is 84.0 Å². The molecule has 1 amide bonds. The topological polar surface area (TPSA) is 113 Å². The Morgan fingerprint density at radius 3 is 2.55 bits per heavy atom. The van der Waals surface area contributed by atoms with Crippen molar-refractivity contribution in [2.24, 2.45) is 10.9 Å². The zero-order valence-corrected chi connectivity index (χ0v) is 21.2. The van der Waals surface area contributed by atoms with Crippen LogP contribution in [0.3, 0.4) is 0 Å². The number of alkyl halides is 3. The van der Waals surface area contributed by atoms with E-state index in [9.17, 15) is 27.9 Å². The van der Waals surface area contributed by atoms with Crippen molar-refractivity contribution in [1.82, 2.24) is 14.8 Å². The van der Waals surface area contributed by atoms with Gasteiger partial charge in [0.1, 0.15) is 11.5 Å². The number of pyridine rings is 1. The zero-order valence-electron chi connectivity index (χ0n) is 21.2. The van der Waals surface area contributed by atoms with Crippen LogP contribution in [0, 0.1) is 5.92 Å². The lowest BCUT2D eigenvalue weighted by Gasteiger charge is -2.32. The third-order valence-corrected chi connectivity index (χ3v) is 6.73. The molecule has 2 N–H and O–H groups in total. The van der Waals surface area contributed by atoms with E-state index in [4.69, 9.17) is 0 Å². The second-order valence-electron chi connectivity index (χ2n) is 9.39. The zero-order chi connectivity index (χ0) is 28.3. The summed E-state index contributed by atoms with van der Waals surface area (Å²) in [5.74, 6) is -1.43. The highest BCUT2D eigenvalue weighted by Gasteiger charge is 2.36. The summed E-state index contributed by atoms with van der Waals surface area (Å²) in [6.45, 7) is 1.14. The van der Waals surface area contributed by atoms with Gasteiger partial charge in [-0.05, 0) is 55.7 Å². The molecule has 12 heteroatoms. The molecule has 9 nitrogen and oxygen atoms in total. The SMILES string of the molecule is O=C(Nc1ccc(-n2nc(C3=CCC=CN=C3)cc2C(F)(F)F)cn1)c1cccc(N2CCC(C(=O)O)CC2)c1. The summed E-state index contributed by atoms with van der Waals surface area (Å²) >= 11 is 0. The molecule has 3 aromatic rings. The van der Waals surface area contributed by atoms with Crippen LogP contribution in [0.15, 0.2) is 72.0 Å². The number of rotatable bonds is 6. The Hall–Kier alpha value is -4.74. The minimum Gasteiger partial charge on any atom is -0.481 e. The molecule has 1 saturated heterocycles. The van der Waals surface area contributed by atoms with Crippen LogP contribution in [0.1, 0.15) is 41.0 Å². The van der Waals surface area contributed by atoms with Gasteiger partial charge in [-0.3, -0.25) is 14.6 Å². The van der Waals surface area contributed by atoms with E-state index in [1.54, 1.807) is 36.6 Å². The second-order valence-corrected chi connectivity index (χ2v) is 9.39. The first-order valence-electron chi connectivity index (χ1n) is 12.6. The molecule has 2 aromatic heterocycles. The molecule has 40 heavy (non-hydrogen) atoms. The van der Waals surface area contributed by atoms with E-state index in [0.717, 1.165) is 16.4 Å². The lowest BCUT2D eigenvalue weighted by Crippen LogP contribution is -2.36. The summed E-state index contributed by atoms with van der Waals surface area (Å²) in [4.78, 5) is 34.3. The van der Waals surface area contributed by atoms with Crippen LogP contribution in [0.4, 0.5) is 24.7 Å². The Morgan fingerprint density at radius 2 is 1.85 bits per heavy atom. The van der Waals surface area contributed by atoms with E-state index in [1.165, 1.54) is 24.5 Å². The van der Waals surface area contributed by atoms with E-state index in [0.29, 0.717) is 43.5 Å². The molecule has 1 fully saturated rings. The van der Waals surface area contributed by atoms with E-state index in [-0.39, 0.29) is 23.1 Å². The predicted octanol–water partition coefficient (Wildman–Crippen LogP) is 5.21. The number of allylic oxidation sites excluding steroid dienone is 3. The highest BCUT2D eigenvalue weighted by Crippen LogP contribution is 2.33. The van der Waals surface area contributed by atoms with E-state index in [2.05, 4.69) is 20.4 Å². The van der Waals surface area contributed by atoms with Crippen LogP contribution in [0.2, 0.25) is 0 Å². The maximum Gasteiger partial charge on any atom is 0.433 e. The fraction of sp³-hybridized carbons (Fsp3) is 0.250. The fourth-order valence-corrected chi connectivity index (χ4v) is 4.59. The maximum atomic E-state index is 13.8. The van der Waals surface area contributed by atoms with Crippen molar-refractivity contribution in [3.8, 4) is 5.69 Å². The van der Waals surface area contributed by atoms with E-state index in [1.807, 2.05) is 11.0 Å². The molecule has 0 bridgehead atoms. The number of halogens is 3. The summed E-state index contributed by atoms with van der Waals surface area (Å²) in [7, 11) is 0. The molecule has 0 atom stereocenters. The quantitative estimate of drug-likeness (QED) is 0.436. The number of aliphatic imine (C=N–C) groups is 1. The van der Waals surface area contributed by atoms with Gasteiger partial charge in [0.15, 0.2) is 0 Å². The monoisotopic (exact) mass is 550 g/mol. The van der Waals surface area contributed by atoms with Gasteiger partial charge in [0.25, 0.3) is 5.91 Å². The number of benzene rings is 1. The van der Waals surface area contributed by atoms with Crippen LogP contribution < -0.4 is 10.2 Å². The number of carboxylic acids is 1. The van der Waals surface area contributed by atoms with Gasteiger partial charge in [-0.2, -0.15) is 18.3 Å². The number of hydrogen-bond donors (Lipinski definition) is 2. The molecule has 5 rings (SSSR count). The summed E-state index contributed by atoms with van der Waals surface area (Å²) in [5, 5.41) is 16.0. The first kappa shape index (κ1) is 26.9. The molecule has 0 unspecified atom stereocenters. The van der Waals surface area contributed by atoms with Gasteiger partial charge in [0.2, 0.25) is 0 Å². The number of hydrogen-bond acceptors (Lipinski definition) is 6. The fourth-order valence-electron chi connectivity index (χ4n) is 4.59. The highest BCUT2D eigenvalue weighted by atomic mass is 19.4. The first-order chi connectivity index (χ1) is 19.2. The Labute approximate surface area is 227 Å². The minimum absolute atomic E-state index is 0.0765. The summed E-state index contributed by atoms with van der Waals surface area (Å²) in [5.41, 5.74) is 0.888. The summed E-state index contributed by atoms with van der Waals surface area (Å²) < 4.78 is 42.2. The number of carbonyl (C=O) groups is 2. The van der Waals surface area contributed by atoms with Crippen LogP contribution in [0.25, 0.3) is 11.3 Å². The highest BCUT2D eigenvalue weighted by molar-refractivity contribution is 6.09. The Bertz CT molecular complexity index is 1500. The van der Waals surface area contributed by atoms with Crippen molar-refractivity contribution >= 4 is 35.2 Å². The molecular formula is C28H25F3N6O3. The van der Waals surface area contributed by atoms with Crippen LogP contribution in [-0.4, -0.2) is 51.1 Å². The van der Waals surface area contributed by atoms with Crippen molar-refractivity contribution in [3.63, 3.8) is 0 Å². The number of carboxylic acid groups (broad SMARTS) is 1. The van der Waals surface area contributed by atoms with Crippen molar-refractivity contribution in [2.75, 3.05) is 23.3 Å². The van der Waals surface area contributed by atoms with Crippen LogP contribution in [-0.2, 0) is 11.0 Å². The molecule has 206 valence electrons. The lowest BCUT2D eigenvalue weighted by molar-refractivity contribution is -0.143. The van der Waals surface area contributed by atoms with Gasteiger partial charge >= 0.3 is 12.1 Å². The minimum atomic E-state index is -4.66.